The number of ether oxygens (including phenoxy) is 1. The van der Waals surface area contributed by atoms with Gasteiger partial charge in [-0.25, -0.2) is 0 Å². The standard InChI is InChI=1S/C19H24BrNO2/c1-2-6-17-18(14-7-9-15(20)10-8-14)16(19(22)23-17)13-21-11-4-3-5-12-21/h2,6-10,16-18H,3-5,11-13H2,1H3/b6-2+/t16?,17-,18-/m1/s1. The summed E-state index contributed by atoms with van der Waals surface area (Å²) in [6.07, 6.45) is 7.63. The molecule has 1 aromatic carbocycles. The van der Waals surface area contributed by atoms with E-state index >= 15 is 0 Å². The number of hydrogen-bond acceptors (Lipinski definition) is 3. The molecule has 1 unspecified atom stereocenters. The highest BCUT2D eigenvalue weighted by atomic mass is 79.9. The summed E-state index contributed by atoms with van der Waals surface area (Å²) in [5.74, 6) is -0.0178. The van der Waals surface area contributed by atoms with Crippen LogP contribution in [0.15, 0.2) is 40.9 Å². The number of halogens is 1. The topological polar surface area (TPSA) is 29.5 Å². The molecule has 0 N–H and O–H groups in total. The van der Waals surface area contributed by atoms with E-state index in [4.69, 9.17) is 4.74 Å². The molecule has 3 atom stereocenters. The van der Waals surface area contributed by atoms with Gasteiger partial charge in [0.1, 0.15) is 6.10 Å². The van der Waals surface area contributed by atoms with E-state index in [0.29, 0.717) is 0 Å². The summed E-state index contributed by atoms with van der Waals surface area (Å²) in [6, 6.07) is 8.30. The molecular formula is C19H24BrNO2. The Bertz CT molecular complexity index is 563. The van der Waals surface area contributed by atoms with Gasteiger partial charge in [-0.3, -0.25) is 4.79 Å². The fourth-order valence-corrected chi connectivity index (χ4v) is 4.00. The number of benzene rings is 1. The average Bonchev–Trinajstić information content (AvgIpc) is 2.85. The molecule has 0 amide bonds. The molecule has 0 aliphatic carbocycles. The SMILES string of the molecule is C/C=C/[C@H]1OC(=O)C(CN2CCCCC2)[C@H]1c1ccc(Br)cc1. The van der Waals surface area contributed by atoms with Gasteiger partial charge in [-0.1, -0.05) is 40.6 Å². The van der Waals surface area contributed by atoms with Crippen molar-refractivity contribution in [3.63, 3.8) is 0 Å². The summed E-state index contributed by atoms with van der Waals surface area (Å²) in [5, 5.41) is 0. The van der Waals surface area contributed by atoms with E-state index in [0.717, 1.165) is 24.1 Å². The lowest BCUT2D eigenvalue weighted by molar-refractivity contribution is -0.143. The molecule has 124 valence electrons. The first kappa shape index (κ1) is 16.7. The summed E-state index contributed by atoms with van der Waals surface area (Å²) in [4.78, 5) is 14.9. The molecular weight excluding hydrogens is 354 g/mol. The lowest BCUT2D eigenvalue weighted by Gasteiger charge is -2.30. The predicted octanol–water partition coefficient (Wildman–Crippen LogP) is 4.14. The van der Waals surface area contributed by atoms with E-state index in [9.17, 15) is 4.79 Å². The molecule has 0 radical (unpaired) electrons. The summed E-state index contributed by atoms with van der Waals surface area (Å²) < 4.78 is 6.75. The molecule has 2 aliphatic rings. The summed E-state index contributed by atoms with van der Waals surface area (Å²) in [5.41, 5.74) is 1.18. The highest BCUT2D eigenvalue weighted by Gasteiger charge is 2.44. The second-order valence-corrected chi connectivity index (χ2v) is 7.39. The Labute approximate surface area is 146 Å². The minimum absolute atomic E-state index is 0.0495. The van der Waals surface area contributed by atoms with Crippen LogP contribution in [0.4, 0.5) is 0 Å². The van der Waals surface area contributed by atoms with Crippen LogP contribution >= 0.6 is 15.9 Å². The number of allylic oxidation sites excluding steroid dienone is 1. The minimum atomic E-state index is -0.150. The number of cyclic esters (lactones) is 1. The molecule has 0 aromatic heterocycles. The Morgan fingerprint density at radius 1 is 1.22 bits per heavy atom. The smallest absolute Gasteiger partial charge is 0.311 e. The summed E-state index contributed by atoms with van der Waals surface area (Å²) in [6.45, 7) is 4.99. The zero-order valence-corrected chi connectivity index (χ0v) is 15.2. The van der Waals surface area contributed by atoms with Gasteiger partial charge in [-0.15, -0.1) is 0 Å². The van der Waals surface area contributed by atoms with Crippen molar-refractivity contribution >= 4 is 21.9 Å². The van der Waals surface area contributed by atoms with Crippen LogP contribution in [-0.2, 0) is 9.53 Å². The molecule has 2 saturated heterocycles. The van der Waals surface area contributed by atoms with Crippen LogP contribution in [0.2, 0.25) is 0 Å². The molecule has 23 heavy (non-hydrogen) atoms. The second kappa shape index (κ2) is 7.63. The Kier molecular flexibility index (Phi) is 5.54. The second-order valence-electron chi connectivity index (χ2n) is 6.47. The van der Waals surface area contributed by atoms with Gasteiger partial charge >= 0.3 is 5.97 Å². The van der Waals surface area contributed by atoms with Crippen molar-refractivity contribution in [3.8, 4) is 0 Å². The van der Waals surface area contributed by atoms with E-state index < -0.39 is 0 Å². The van der Waals surface area contributed by atoms with Gasteiger partial charge in [0.2, 0.25) is 0 Å². The first-order chi connectivity index (χ1) is 11.2. The van der Waals surface area contributed by atoms with Gasteiger partial charge in [0, 0.05) is 16.9 Å². The zero-order chi connectivity index (χ0) is 16.2. The monoisotopic (exact) mass is 377 g/mol. The molecule has 0 spiro atoms. The van der Waals surface area contributed by atoms with Gasteiger partial charge in [-0.2, -0.15) is 0 Å². The number of carbonyl (C=O) groups excluding carboxylic acids is 1. The van der Waals surface area contributed by atoms with Crippen molar-refractivity contribution in [3.05, 3.63) is 46.5 Å². The molecule has 2 aliphatic heterocycles. The highest BCUT2D eigenvalue weighted by Crippen LogP contribution is 2.39. The van der Waals surface area contributed by atoms with Gasteiger partial charge in [0.15, 0.2) is 0 Å². The molecule has 2 heterocycles. The molecule has 3 rings (SSSR count). The van der Waals surface area contributed by atoms with Crippen LogP contribution < -0.4 is 0 Å². The van der Waals surface area contributed by atoms with Crippen molar-refractivity contribution in [1.82, 2.24) is 4.90 Å². The Morgan fingerprint density at radius 3 is 2.57 bits per heavy atom. The van der Waals surface area contributed by atoms with E-state index in [1.807, 2.05) is 31.2 Å². The van der Waals surface area contributed by atoms with Crippen molar-refractivity contribution < 1.29 is 9.53 Å². The Morgan fingerprint density at radius 2 is 1.91 bits per heavy atom. The molecule has 2 fully saturated rings. The third kappa shape index (κ3) is 3.86. The number of rotatable bonds is 4. The number of nitrogens with zero attached hydrogens (tertiary/aromatic N) is 1. The predicted molar refractivity (Wildman–Crippen MR) is 95.4 cm³/mol. The minimum Gasteiger partial charge on any atom is -0.457 e. The fourth-order valence-electron chi connectivity index (χ4n) is 3.73. The number of piperidine rings is 1. The Hall–Kier alpha value is -1.13. The number of esters is 1. The van der Waals surface area contributed by atoms with Crippen molar-refractivity contribution in [1.29, 1.82) is 0 Å². The summed E-state index contributed by atoms with van der Waals surface area (Å²) in [7, 11) is 0. The van der Waals surface area contributed by atoms with Crippen LogP contribution in [0.5, 0.6) is 0 Å². The van der Waals surface area contributed by atoms with Crippen molar-refractivity contribution in [2.45, 2.75) is 38.2 Å². The lowest BCUT2D eigenvalue weighted by Crippen LogP contribution is -2.37. The van der Waals surface area contributed by atoms with Crippen molar-refractivity contribution in [2.75, 3.05) is 19.6 Å². The normalized spacial score (nSPS) is 29.1. The van der Waals surface area contributed by atoms with E-state index in [1.54, 1.807) is 0 Å². The molecule has 0 saturated carbocycles. The quantitative estimate of drug-likeness (QED) is 0.583. The van der Waals surface area contributed by atoms with Gasteiger partial charge < -0.3 is 9.64 Å². The maximum Gasteiger partial charge on any atom is 0.311 e. The first-order valence-corrected chi connectivity index (χ1v) is 9.29. The van der Waals surface area contributed by atoms with E-state index in [2.05, 4.69) is 33.0 Å². The van der Waals surface area contributed by atoms with Crippen LogP contribution in [0, 0.1) is 5.92 Å². The molecule has 4 heteroatoms. The number of hydrogen-bond donors (Lipinski definition) is 0. The fraction of sp³-hybridized carbons (Fsp3) is 0.526. The van der Waals surface area contributed by atoms with Crippen molar-refractivity contribution in [2.24, 2.45) is 5.92 Å². The third-order valence-electron chi connectivity index (χ3n) is 4.88. The molecule has 0 bridgehead atoms. The maximum atomic E-state index is 12.5. The number of carbonyl (C=O) groups is 1. The third-order valence-corrected chi connectivity index (χ3v) is 5.41. The summed E-state index contributed by atoms with van der Waals surface area (Å²) >= 11 is 3.49. The Balaban J connectivity index is 1.84. The van der Waals surface area contributed by atoms with Gasteiger partial charge in [0.05, 0.1) is 5.92 Å². The van der Waals surface area contributed by atoms with E-state index in [-0.39, 0.29) is 23.9 Å². The van der Waals surface area contributed by atoms with Gasteiger partial charge in [0.25, 0.3) is 0 Å². The largest absolute Gasteiger partial charge is 0.457 e. The maximum absolute atomic E-state index is 12.5. The highest BCUT2D eigenvalue weighted by molar-refractivity contribution is 9.10. The molecule has 3 nitrogen and oxygen atoms in total. The first-order valence-electron chi connectivity index (χ1n) is 8.50. The lowest BCUT2D eigenvalue weighted by atomic mass is 9.83. The van der Waals surface area contributed by atoms with Crippen LogP contribution in [-0.4, -0.2) is 36.6 Å². The average molecular weight is 378 g/mol. The van der Waals surface area contributed by atoms with Gasteiger partial charge in [-0.05, 0) is 56.6 Å². The zero-order valence-electron chi connectivity index (χ0n) is 13.6. The van der Waals surface area contributed by atoms with E-state index in [1.165, 1.54) is 24.8 Å². The van der Waals surface area contributed by atoms with Crippen LogP contribution in [0.25, 0.3) is 0 Å². The number of likely N-dealkylation sites (tertiary alicyclic amines) is 1. The van der Waals surface area contributed by atoms with Crippen LogP contribution in [0.3, 0.4) is 0 Å². The molecule has 1 aromatic rings. The van der Waals surface area contributed by atoms with Crippen LogP contribution in [0.1, 0.15) is 37.7 Å².